The second kappa shape index (κ2) is 6.42. The molecule has 90 valence electrons. The van der Waals surface area contributed by atoms with Crippen molar-refractivity contribution in [3.63, 3.8) is 0 Å². The highest BCUT2D eigenvalue weighted by atomic mass is 32.1. The van der Waals surface area contributed by atoms with Gasteiger partial charge in [-0.05, 0) is 36.1 Å². The Hall–Kier alpha value is -1.32. The van der Waals surface area contributed by atoms with Gasteiger partial charge in [-0.3, -0.25) is 0 Å². The van der Waals surface area contributed by atoms with Gasteiger partial charge < -0.3 is 10.6 Å². The first kappa shape index (κ1) is 12.1. The van der Waals surface area contributed by atoms with Gasteiger partial charge in [0.05, 0.1) is 0 Å². The summed E-state index contributed by atoms with van der Waals surface area (Å²) in [5.41, 5.74) is 2.49. The minimum Gasteiger partial charge on any atom is -0.384 e. The fourth-order valence-corrected chi connectivity index (χ4v) is 2.35. The van der Waals surface area contributed by atoms with Crippen molar-refractivity contribution < 1.29 is 0 Å². The van der Waals surface area contributed by atoms with E-state index in [4.69, 9.17) is 0 Å². The molecule has 2 N–H and O–H groups in total. The van der Waals surface area contributed by atoms with Gasteiger partial charge in [-0.2, -0.15) is 0 Å². The van der Waals surface area contributed by atoms with Crippen molar-refractivity contribution in [2.45, 2.75) is 13.5 Å². The highest BCUT2D eigenvalue weighted by Crippen LogP contribution is 2.09. The molecule has 17 heavy (non-hydrogen) atoms. The SMILES string of the molecule is Cc1cccc(NCCNCc2cccs2)c1. The fourth-order valence-electron chi connectivity index (χ4n) is 1.68. The molecule has 2 rings (SSSR count). The highest BCUT2D eigenvalue weighted by Gasteiger charge is 1.93. The van der Waals surface area contributed by atoms with E-state index in [-0.39, 0.29) is 0 Å². The second-order valence-corrected chi connectivity index (χ2v) is 5.08. The molecule has 0 aliphatic carbocycles. The predicted octanol–water partition coefficient (Wildman–Crippen LogP) is 3.26. The van der Waals surface area contributed by atoms with Gasteiger partial charge >= 0.3 is 0 Å². The van der Waals surface area contributed by atoms with Crippen molar-refractivity contribution in [3.05, 3.63) is 52.2 Å². The van der Waals surface area contributed by atoms with Crippen molar-refractivity contribution in [3.8, 4) is 0 Å². The number of hydrogen-bond donors (Lipinski definition) is 2. The van der Waals surface area contributed by atoms with Crippen LogP contribution in [-0.2, 0) is 6.54 Å². The van der Waals surface area contributed by atoms with Gasteiger partial charge in [0, 0.05) is 30.2 Å². The summed E-state index contributed by atoms with van der Waals surface area (Å²) in [5.74, 6) is 0. The Morgan fingerprint density at radius 3 is 2.82 bits per heavy atom. The average molecular weight is 246 g/mol. The van der Waals surface area contributed by atoms with Crippen molar-refractivity contribution in [2.75, 3.05) is 18.4 Å². The zero-order valence-corrected chi connectivity index (χ0v) is 10.9. The molecule has 0 saturated carbocycles. The molecule has 1 aromatic heterocycles. The lowest BCUT2D eigenvalue weighted by atomic mass is 10.2. The molecular weight excluding hydrogens is 228 g/mol. The molecule has 0 aliphatic heterocycles. The van der Waals surface area contributed by atoms with Gasteiger partial charge in [0.1, 0.15) is 0 Å². The first-order valence-electron chi connectivity index (χ1n) is 5.88. The summed E-state index contributed by atoms with van der Waals surface area (Å²) in [4.78, 5) is 1.39. The third-order valence-corrected chi connectivity index (χ3v) is 3.40. The maximum atomic E-state index is 3.42. The smallest absolute Gasteiger partial charge is 0.0343 e. The summed E-state index contributed by atoms with van der Waals surface area (Å²) in [7, 11) is 0. The number of aryl methyl sites for hydroxylation is 1. The maximum absolute atomic E-state index is 3.42. The number of nitrogens with one attached hydrogen (secondary N) is 2. The minimum absolute atomic E-state index is 0.953. The minimum atomic E-state index is 0.953. The largest absolute Gasteiger partial charge is 0.384 e. The lowest BCUT2D eigenvalue weighted by Gasteiger charge is -2.07. The summed E-state index contributed by atoms with van der Waals surface area (Å²) in [5, 5.41) is 8.94. The predicted molar refractivity (Wildman–Crippen MR) is 75.7 cm³/mol. The quantitative estimate of drug-likeness (QED) is 0.765. The van der Waals surface area contributed by atoms with E-state index in [0.717, 1.165) is 19.6 Å². The Labute approximate surface area is 107 Å². The molecule has 0 spiro atoms. The molecule has 2 nitrogen and oxygen atoms in total. The second-order valence-electron chi connectivity index (χ2n) is 4.05. The zero-order valence-electron chi connectivity index (χ0n) is 10.1. The van der Waals surface area contributed by atoms with Crippen LogP contribution in [0.4, 0.5) is 5.69 Å². The van der Waals surface area contributed by atoms with Crippen molar-refractivity contribution in [1.82, 2.24) is 5.32 Å². The van der Waals surface area contributed by atoms with Gasteiger partial charge in [-0.25, -0.2) is 0 Å². The highest BCUT2D eigenvalue weighted by molar-refractivity contribution is 7.09. The molecule has 0 aliphatic rings. The lowest BCUT2D eigenvalue weighted by Crippen LogP contribution is -2.21. The van der Waals surface area contributed by atoms with E-state index in [2.05, 4.69) is 59.3 Å². The van der Waals surface area contributed by atoms with E-state index >= 15 is 0 Å². The molecule has 2 aromatic rings. The van der Waals surface area contributed by atoms with E-state index in [1.54, 1.807) is 11.3 Å². The van der Waals surface area contributed by atoms with Crippen LogP contribution in [0, 0.1) is 6.92 Å². The van der Waals surface area contributed by atoms with Gasteiger partial charge in [0.25, 0.3) is 0 Å². The molecule has 3 heteroatoms. The molecule has 0 atom stereocenters. The first-order valence-corrected chi connectivity index (χ1v) is 6.76. The molecule has 0 unspecified atom stereocenters. The summed E-state index contributed by atoms with van der Waals surface area (Å²) < 4.78 is 0. The fraction of sp³-hybridized carbons (Fsp3) is 0.286. The Balaban J connectivity index is 1.63. The Morgan fingerprint density at radius 1 is 1.12 bits per heavy atom. The number of hydrogen-bond acceptors (Lipinski definition) is 3. The first-order chi connectivity index (χ1) is 8.34. The molecule has 0 amide bonds. The van der Waals surface area contributed by atoms with Gasteiger partial charge in [-0.15, -0.1) is 11.3 Å². The molecule has 1 aromatic carbocycles. The van der Waals surface area contributed by atoms with Crippen molar-refractivity contribution in [1.29, 1.82) is 0 Å². The van der Waals surface area contributed by atoms with Crippen LogP contribution in [0.25, 0.3) is 0 Å². The van der Waals surface area contributed by atoms with E-state index in [0.29, 0.717) is 0 Å². The summed E-state index contributed by atoms with van der Waals surface area (Å²) in [6, 6.07) is 12.7. The van der Waals surface area contributed by atoms with Crippen molar-refractivity contribution in [2.24, 2.45) is 0 Å². The molecule has 0 radical (unpaired) electrons. The molecule has 1 heterocycles. The van der Waals surface area contributed by atoms with E-state index in [1.165, 1.54) is 16.1 Å². The van der Waals surface area contributed by atoms with E-state index in [9.17, 15) is 0 Å². The number of rotatable bonds is 6. The maximum Gasteiger partial charge on any atom is 0.0343 e. The summed E-state index contributed by atoms with van der Waals surface area (Å²) >= 11 is 1.80. The monoisotopic (exact) mass is 246 g/mol. The van der Waals surface area contributed by atoms with Gasteiger partial charge in [0.15, 0.2) is 0 Å². The number of anilines is 1. The molecule has 0 saturated heterocycles. The Bertz CT molecular complexity index is 437. The average Bonchev–Trinajstić information content (AvgIpc) is 2.82. The molecular formula is C14H18N2S. The van der Waals surface area contributed by atoms with Crippen LogP contribution < -0.4 is 10.6 Å². The number of benzene rings is 1. The molecule has 0 bridgehead atoms. The Morgan fingerprint density at radius 2 is 2.06 bits per heavy atom. The van der Waals surface area contributed by atoms with E-state index < -0.39 is 0 Å². The molecule has 0 fully saturated rings. The summed E-state index contributed by atoms with van der Waals surface area (Å²) in [6.45, 7) is 5.01. The third-order valence-electron chi connectivity index (χ3n) is 2.53. The van der Waals surface area contributed by atoms with Gasteiger partial charge in [0.2, 0.25) is 0 Å². The van der Waals surface area contributed by atoms with Crippen LogP contribution in [0.5, 0.6) is 0 Å². The van der Waals surface area contributed by atoms with Crippen LogP contribution in [0.2, 0.25) is 0 Å². The van der Waals surface area contributed by atoms with Crippen molar-refractivity contribution >= 4 is 17.0 Å². The van der Waals surface area contributed by atoms with Crippen LogP contribution in [-0.4, -0.2) is 13.1 Å². The standard InChI is InChI=1S/C14H18N2S/c1-12-4-2-5-13(10-12)16-8-7-15-11-14-6-3-9-17-14/h2-6,9-10,15-16H,7-8,11H2,1H3. The van der Waals surface area contributed by atoms with Crippen LogP contribution in [0.15, 0.2) is 41.8 Å². The summed E-state index contributed by atoms with van der Waals surface area (Å²) in [6.07, 6.45) is 0. The van der Waals surface area contributed by atoms with Gasteiger partial charge in [-0.1, -0.05) is 18.2 Å². The topological polar surface area (TPSA) is 24.1 Å². The lowest BCUT2D eigenvalue weighted by molar-refractivity contribution is 0.714. The third kappa shape index (κ3) is 4.21. The zero-order chi connectivity index (χ0) is 11.9. The number of thiophene rings is 1. The Kier molecular flexibility index (Phi) is 4.59. The van der Waals surface area contributed by atoms with Crippen LogP contribution >= 0.6 is 11.3 Å². The van der Waals surface area contributed by atoms with E-state index in [1.807, 2.05) is 0 Å². The van der Waals surface area contributed by atoms with Crippen LogP contribution in [0.1, 0.15) is 10.4 Å². The van der Waals surface area contributed by atoms with Crippen LogP contribution in [0.3, 0.4) is 0 Å². The normalized spacial score (nSPS) is 10.4.